The number of nitrogens with one attached hydrogen (secondary N) is 2. The summed E-state index contributed by atoms with van der Waals surface area (Å²) in [4.78, 5) is 24.0. The number of nitrogens with zero attached hydrogens (tertiary/aromatic N) is 2. The molecule has 0 atom stereocenters. The number of fused-ring (bicyclic) bond motifs is 1. The first-order valence-electron chi connectivity index (χ1n) is 5.98. The Bertz CT molecular complexity index is 879. The van der Waals surface area contributed by atoms with E-state index in [0.717, 1.165) is 0 Å². The second kappa shape index (κ2) is 4.44. The Balaban J connectivity index is 2.21. The molecule has 8 heteroatoms. The summed E-state index contributed by atoms with van der Waals surface area (Å²) >= 11 is 0. The predicted octanol–water partition coefficient (Wildman–Crippen LogP) is 2.64. The fourth-order valence-corrected chi connectivity index (χ4v) is 2.01. The highest BCUT2D eigenvalue weighted by Gasteiger charge is 2.36. The van der Waals surface area contributed by atoms with Crippen LogP contribution in [0.25, 0.3) is 22.3 Å². The molecule has 2 heterocycles. The number of aromatic amines is 2. The van der Waals surface area contributed by atoms with Gasteiger partial charge in [0.1, 0.15) is 5.82 Å². The van der Waals surface area contributed by atoms with Crippen molar-refractivity contribution in [3.63, 3.8) is 0 Å². The lowest BCUT2D eigenvalue weighted by molar-refractivity contribution is -0.142. The fraction of sp³-hybridized carbons (Fsp3) is 0.154. The fourth-order valence-electron chi connectivity index (χ4n) is 2.01. The van der Waals surface area contributed by atoms with Crippen LogP contribution in [0.2, 0.25) is 0 Å². The van der Waals surface area contributed by atoms with Gasteiger partial charge in [-0.25, -0.2) is 9.97 Å². The van der Waals surface area contributed by atoms with Gasteiger partial charge in [-0.15, -0.1) is 0 Å². The van der Waals surface area contributed by atoms with E-state index in [1.807, 2.05) is 0 Å². The van der Waals surface area contributed by atoms with Gasteiger partial charge in [-0.2, -0.15) is 13.2 Å². The van der Waals surface area contributed by atoms with E-state index in [2.05, 4.69) is 19.9 Å². The highest BCUT2D eigenvalue weighted by molar-refractivity contribution is 5.80. The number of imidazole rings is 1. The standard InChI is InChI=1S/C13H9F3N4O/c1-6-17-5-10(18-6)7-2-3-8-9(4-7)19-11(12(21)20-8)13(14,15)16/h2-5H,1H3,(H,17,18)(H,20,21). The third-order valence-corrected chi connectivity index (χ3v) is 2.98. The number of hydrogen-bond acceptors (Lipinski definition) is 3. The molecule has 0 saturated heterocycles. The minimum absolute atomic E-state index is 0.0617. The van der Waals surface area contributed by atoms with Gasteiger partial charge in [-0.3, -0.25) is 4.79 Å². The summed E-state index contributed by atoms with van der Waals surface area (Å²) in [6, 6.07) is 4.64. The lowest BCUT2D eigenvalue weighted by Crippen LogP contribution is -2.23. The van der Waals surface area contributed by atoms with Crippen LogP contribution >= 0.6 is 0 Å². The molecule has 0 spiro atoms. The van der Waals surface area contributed by atoms with Gasteiger partial charge in [0.15, 0.2) is 0 Å². The van der Waals surface area contributed by atoms with Crippen molar-refractivity contribution in [1.82, 2.24) is 19.9 Å². The van der Waals surface area contributed by atoms with Crippen molar-refractivity contribution in [3.05, 3.63) is 46.3 Å². The highest BCUT2D eigenvalue weighted by Crippen LogP contribution is 2.27. The van der Waals surface area contributed by atoms with Gasteiger partial charge in [0.05, 0.1) is 22.9 Å². The number of hydrogen-bond donors (Lipinski definition) is 2. The molecule has 5 nitrogen and oxygen atoms in total. The maximum absolute atomic E-state index is 12.7. The molecule has 3 aromatic rings. The maximum atomic E-state index is 12.7. The molecule has 21 heavy (non-hydrogen) atoms. The van der Waals surface area contributed by atoms with Gasteiger partial charge in [0.2, 0.25) is 5.69 Å². The van der Waals surface area contributed by atoms with Crippen LogP contribution in [0.4, 0.5) is 13.2 Å². The number of benzene rings is 1. The Morgan fingerprint density at radius 1 is 1.19 bits per heavy atom. The summed E-state index contributed by atoms with van der Waals surface area (Å²) in [5.41, 5.74) is -1.10. The van der Waals surface area contributed by atoms with Crippen LogP contribution in [-0.2, 0) is 6.18 Å². The predicted molar refractivity (Wildman–Crippen MR) is 69.7 cm³/mol. The van der Waals surface area contributed by atoms with E-state index >= 15 is 0 Å². The summed E-state index contributed by atoms with van der Waals surface area (Å²) < 4.78 is 38.1. The molecule has 2 N–H and O–H groups in total. The molecular weight excluding hydrogens is 285 g/mol. The summed E-state index contributed by atoms with van der Waals surface area (Å²) in [7, 11) is 0. The lowest BCUT2D eigenvalue weighted by Gasteiger charge is -2.06. The minimum atomic E-state index is -4.79. The van der Waals surface area contributed by atoms with E-state index < -0.39 is 17.4 Å². The van der Waals surface area contributed by atoms with Crippen molar-refractivity contribution < 1.29 is 13.2 Å². The Labute approximate surface area is 115 Å². The second-order valence-electron chi connectivity index (χ2n) is 4.53. The molecule has 1 aromatic carbocycles. The molecule has 0 saturated carbocycles. The van der Waals surface area contributed by atoms with E-state index in [-0.39, 0.29) is 11.0 Å². The molecule has 0 aliphatic carbocycles. The van der Waals surface area contributed by atoms with Crippen LogP contribution in [-0.4, -0.2) is 19.9 Å². The molecule has 3 rings (SSSR count). The number of rotatable bonds is 1. The number of aromatic nitrogens is 4. The lowest BCUT2D eigenvalue weighted by atomic mass is 10.1. The first-order valence-corrected chi connectivity index (χ1v) is 5.98. The summed E-state index contributed by atoms with van der Waals surface area (Å²) in [5.74, 6) is 0.690. The number of alkyl halides is 3. The summed E-state index contributed by atoms with van der Waals surface area (Å²) in [6.45, 7) is 1.77. The van der Waals surface area contributed by atoms with E-state index in [1.54, 1.807) is 19.2 Å². The first-order chi connectivity index (χ1) is 9.84. The zero-order valence-corrected chi connectivity index (χ0v) is 10.7. The SMILES string of the molecule is Cc1ncc(-c2ccc3[nH]c(=O)c(C(F)(F)F)nc3c2)[nH]1. The summed E-state index contributed by atoms with van der Waals surface area (Å²) in [6.07, 6.45) is -3.21. The van der Waals surface area contributed by atoms with Crippen LogP contribution in [0.3, 0.4) is 0 Å². The summed E-state index contributed by atoms with van der Waals surface area (Å²) in [5, 5.41) is 0. The molecule has 2 aromatic heterocycles. The van der Waals surface area contributed by atoms with Crippen molar-refractivity contribution in [2.75, 3.05) is 0 Å². The van der Waals surface area contributed by atoms with Gasteiger partial charge in [-0.1, -0.05) is 6.07 Å². The molecular formula is C13H9F3N4O. The normalized spacial score (nSPS) is 12.0. The van der Waals surface area contributed by atoms with Gasteiger partial charge < -0.3 is 9.97 Å². The van der Waals surface area contributed by atoms with E-state index in [9.17, 15) is 18.0 Å². The van der Waals surface area contributed by atoms with Gasteiger partial charge in [0.25, 0.3) is 5.56 Å². The monoisotopic (exact) mass is 294 g/mol. The van der Waals surface area contributed by atoms with Gasteiger partial charge in [0, 0.05) is 5.56 Å². The third kappa shape index (κ3) is 2.39. The van der Waals surface area contributed by atoms with Crippen LogP contribution in [0.1, 0.15) is 11.5 Å². The molecule has 0 radical (unpaired) electrons. The average Bonchev–Trinajstić information content (AvgIpc) is 2.83. The molecule has 108 valence electrons. The number of halogens is 3. The van der Waals surface area contributed by atoms with Crippen LogP contribution in [0, 0.1) is 6.92 Å². The molecule has 0 aliphatic heterocycles. The average molecular weight is 294 g/mol. The molecule has 0 aliphatic rings. The second-order valence-corrected chi connectivity index (χ2v) is 4.53. The quantitative estimate of drug-likeness (QED) is 0.724. The molecule has 0 amide bonds. The Morgan fingerprint density at radius 3 is 2.57 bits per heavy atom. The van der Waals surface area contributed by atoms with Crippen LogP contribution in [0.5, 0.6) is 0 Å². The Hall–Kier alpha value is -2.64. The van der Waals surface area contributed by atoms with Crippen molar-refractivity contribution in [3.8, 4) is 11.3 Å². The van der Waals surface area contributed by atoms with Crippen LogP contribution < -0.4 is 5.56 Å². The van der Waals surface area contributed by atoms with Crippen molar-refractivity contribution in [2.24, 2.45) is 0 Å². The zero-order valence-electron chi connectivity index (χ0n) is 10.7. The molecule has 0 fully saturated rings. The van der Waals surface area contributed by atoms with E-state index in [4.69, 9.17) is 0 Å². The largest absolute Gasteiger partial charge is 0.438 e. The van der Waals surface area contributed by atoms with Crippen molar-refractivity contribution >= 4 is 11.0 Å². The number of H-pyrrole nitrogens is 2. The molecule has 0 bridgehead atoms. The van der Waals surface area contributed by atoms with Crippen LogP contribution in [0.15, 0.2) is 29.2 Å². The van der Waals surface area contributed by atoms with Gasteiger partial charge >= 0.3 is 6.18 Å². The number of aryl methyl sites for hydroxylation is 1. The topological polar surface area (TPSA) is 74.4 Å². The van der Waals surface area contributed by atoms with Crippen molar-refractivity contribution in [1.29, 1.82) is 0 Å². The van der Waals surface area contributed by atoms with Crippen molar-refractivity contribution in [2.45, 2.75) is 13.1 Å². The minimum Gasteiger partial charge on any atom is -0.342 e. The highest BCUT2D eigenvalue weighted by atomic mass is 19.4. The maximum Gasteiger partial charge on any atom is 0.438 e. The van der Waals surface area contributed by atoms with E-state index in [1.165, 1.54) is 12.1 Å². The smallest absolute Gasteiger partial charge is 0.342 e. The van der Waals surface area contributed by atoms with Gasteiger partial charge in [-0.05, 0) is 19.1 Å². The zero-order chi connectivity index (χ0) is 15.2. The third-order valence-electron chi connectivity index (χ3n) is 2.98. The first kappa shape index (κ1) is 13.3. The molecule has 0 unspecified atom stereocenters. The van der Waals surface area contributed by atoms with E-state index in [0.29, 0.717) is 17.1 Å². The Kier molecular flexibility index (Phi) is 2.82. The Morgan fingerprint density at radius 2 is 1.95 bits per heavy atom.